The molecule has 1 aliphatic rings. The van der Waals surface area contributed by atoms with E-state index in [0.717, 1.165) is 31.7 Å². The predicted octanol–water partition coefficient (Wildman–Crippen LogP) is 1.81. The minimum atomic E-state index is 0.129. The maximum Gasteiger partial charge on any atom is 0.254 e. The van der Waals surface area contributed by atoms with Crippen LogP contribution in [0.3, 0.4) is 0 Å². The fourth-order valence-electron chi connectivity index (χ4n) is 2.20. The number of hydrogen-bond donors (Lipinski definition) is 0. The topological polar surface area (TPSA) is 47.3 Å². The number of piperazine rings is 1. The van der Waals surface area contributed by atoms with Crippen molar-refractivity contribution in [2.75, 3.05) is 26.2 Å². The van der Waals surface area contributed by atoms with Gasteiger partial charge in [0.2, 0.25) is 0 Å². The van der Waals surface area contributed by atoms with Gasteiger partial charge in [-0.05, 0) is 18.4 Å². The molecule has 2 heterocycles. The molecule has 0 aromatic carbocycles. The summed E-state index contributed by atoms with van der Waals surface area (Å²) < 4.78 is 0. The molecule has 0 aliphatic carbocycles. The Hall–Kier alpha value is -1.38. The second-order valence-electron chi connectivity index (χ2n) is 4.55. The van der Waals surface area contributed by atoms with Crippen LogP contribution in [-0.4, -0.2) is 47.9 Å². The van der Waals surface area contributed by atoms with Crippen LogP contribution in [-0.2, 0) is 0 Å². The molecule has 0 N–H and O–H groups in total. The van der Waals surface area contributed by atoms with Gasteiger partial charge < -0.3 is 4.90 Å². The number of nitrogens with zero attached hydrogens (tertiary/aromatic N) is 3. The zero-order valence-corrected chi connectivity index (χ0v) is 11.3. The van der Waals surface area contributed by atoms with Crippen molar-refractivity contribution in [1.29, 1.82) is 5.26 Å². The van der Waals surface area contributed by atoms with E-state index in [2.05, 4.69) is 17.9 Å². The molecule has 0 radical (unpaired) electrons. The second kappa shape index (κ2) is 5.98. The van der Waals surface area contributed by atoms with Gasteiger partial charge in [-0.15, -0.1) is 0 Å². The van der Waals surface area contributed by atoms with Gasteiger partial charge in [0.25, 0.3) is 5.91 Å². The summed E-state index contributed by atoms with van der Waals surface area (Å²) >= 11 is 1.55. The quantitative estimate of drug-likeness (QED) is 0.835. The first-order valence-electron chi connectivity index (χ1n) is 6.15. The monoisotopic (exact) mass is 263 g/mol. The molecule has 1 atom stereocenters. The Morgan fingerprint density at radius 3 is 2.78 bits per heavy atom. The van der Waals surface area contributed by atoms with E-state index >= 15 is 0 Å². The summed E-state index contributed by atoms with van der Waals surface area (Å²) in [5.41, 5.74) is 0.790. The third kappa shape index (κ3) is 2.89. The third-order valence-corrected chi connectivity index (χ3v) is 4.06. The highest BCUT2D eigenvalue weighted by Gasteiger charge is 2.24. The Morgan fingerprint density at radius 2 is 2.22 bits per heavy atom. The Morgan fingerprint density at radius 1 is 1.50 bits per heavy atom. The summed E-state index contributed by atoms with van der Waals surface area (Å²) in [5.74, 6) is 0.129. The van der Waals surface area contributed by atoms with Gasteiger partial charge in [-0.3, -0.25) is 9.69 Å². The minimum Gasteiger partial charge on any atom is -0.336 e. The minimum absolute atomic E-state index is 0.129. The van der Waals surface area contributed by atoms with E-state index in [9.17, 15) is 4.79 Å². The average molecular weight is 263 g/mol. The molecule has 1 aromatic heterocycles. The molecule has 0 bridgehead atoms. The molecule has 1 amide bonds. The van der Waals surface area contributed by atoms with Crippen molar-refractivity contribution in [3.63, 3.8) is 0 Å². The van der Waals surface area contributed by atoms with E-state index in [4.69, 9.17) is 5.26 Å². The first-order chi connectivity index (χ1) is 8.72. The van der Waals surface area contributed by atoms with Crippen LogP contribution in [0.4, 0.5) is 0 Å². The van der Waals surface area contributed by atoms with Crippen LogP contribution in [0.25, 0.3) is 0 Å². The lowest BCUT2D eigenvalue weighted by Crippen LogP contribution is -2.51. The molecular weight excluding hydrogens is 246 g/mol. The Labute approximate surface area is 111 Å². The van der Waals surface area contributed by atoms with Crippen molar-refractivity contribution in [2.45, 2.75) is 19.4 Å². The predicted molar refractivity (Wildman–Crippen MR) is 71.5 cm³/mol. The molecule has 18 heavy (non-hydrogen) atoms. The Kier molecular flexibility index (Phi) is 4.34. The largest absolute Gasteiger partial charge is 0.336 e. The van der Waals surface area contributed by atoms with Crippen LogP contribution in [0.2, 0.25) is 0 Å². The van der Waals surface area contributed by atoms with Gasteiger partial charge in [0.1, 0.15) is 0 Å². The zero-order chi connectivity index (χ0) is 13.0. The molecule has 2 rings (SSSR count). The highest BCUT2D eigenvalue weighted by molar-refractivity contribution is 7.08. The van der Waals surface area contributed by atoms with Gasteiger partial charge in [-0.1, -0.05) is 0 Å². The van der Waals surface area contributed by atoms with Gasteiger partial charge in [0.05, 0.1) is 18.1 Å². The number of carbonyl (C=O) groups is 1. The van der Waals surface area contributed by atoms with Crippen LogP contribution in [0.15, 0.2) is 16.8 Å². The molecule has 0 saturated carbocycles. The van der Waals surface area contributed by atoms with Gasteiger partial charge >= 0.3 is 0 Å². The van der Waals surface area contributed by atoms with Crippen LogP contribution in [0.1, 0.15) is 23.7 Å². The van der Waals surface area contributed by atoms with Crippen molar-refractivity contribution in [3.05, 3.63) is 22.4 Å². The maximum absolute atomic E-state index is 12.1. The number of thiophene rings is 1. The van der Waals surface area contributed by atoms with Crippen LogP contribution < -0.4 is 0 Å². The number of rotatable bonds is 3. The molecule has 1 aliphatic heterocycles. The van der Waals surface area contributed by atoms with Crippen molar-refractivity contribution in [2.24, 2.45) is 0 Å². The zero-order valence-electron chi connectivity index (χ0n) is 10.5. The van der Waals surface area contributed by atoms with Gasteiger partial charge in [-0.2, -0.15) is 16.6 Å². The standard InChI is InChI=1S/C13H17N3OS/c1-11(2-4-14)15-5-7-16(8-6-15)13(17)12-3-9-18-10-12/h3,9-11H,2,5-8H2,1H3/t11-/m1/s1. The maximum atomic E-state index is 12.1. The molecule has 5 heteroatoms. The third-order valence-electron chi connectivity index (χ3n) is 3.38. The van der Waals surface area contributed by atoms with Crippen molar-refractivity contribution in [3.8, 4) is 6.07 Å². The van der Waals surface area contributed by atoms with Crippen molar-refractivity contribution < 1.29 is 4.79 Å². The molecule has 1 fully saturated rings. The molecular formula is C13H17N3OS. The summed E-state index contributed by atoms with van der Waals surface area (Å²) in [5, 5.41) is 12.5. The normalized spacial score (nSPS) is 18.3. The lowest BCUT2D eigenvalue weighted by Gasteiger charge is -2.37. The van der Waals surface area contributed by atoms with Crippen molar-refractivity contribution >= 4 is 17.2 Å². The van der Waals surface area contributed by atoms with E-state index in [1.807, 2.05) is 21.7 Å². The summed E-state index contributed by atoms with van der Waals surface area (Å²) in [4.78, 5) is 16.3. The average Bonchev–Trinajstić information content (AvgIpc) is 2.92. The van der Waals surface area contributed by atoms with Crippen LogP contribution in [0.5, 0.6) is 0 Å². The van der Waals surface area contributed by atoms with E-state index < -0.39 is 0 Å². The van der Waals surface area contributed by atoms with Gasteiger partial charge in [0.15, 0.2) is 0 Å². The molecule has 0 unspecified atom stereocenters. The number of hydrogen-bond acceptors (Lipinski definition) is 4. The lowest BCUT2D eigenvalue weighted by atomic mass is 10.1. The van der Waals surface area contributed by atoms with E-state index in [1.165, 1.54) is 0 Å². The second-order valence-corrected chi connectivity index (χ2v) is 5.33. The number of amides is 1. The molecule has 1 saturated heterocycles. The summed E-state index contributed by atoms with van der Waals surface area (Å²) in [6.07, 6.45) is 0.554. The summed E-state index contributed by atoms with van der Waals surface area (Å²) in [6.45, 7) is 5.30. The van der Waals surface area contributed by atoms with Crippen LogP contribution in [0, 0.1) is 11.3 Å². The smallest absolute Gasteiger partial charge is 0.254 e. The lowest BCUT2D eigenvalue weighted by molar-refractivity contribution is 0.0586. The molecule has 1 aromatic rings. The van der Waals surface area contributed by atoms with E-state index in [-0.39, 0.29) is 11.9 Å². The molecule has 0 spiro atoms. The molecule has 96 valence electrons. The SMILES string of the molecule is C[C@H](CC#N)N1CCN(C(=O)c2ccsc2)CC1. The Balaban J connectivity index is 1.87. The van der Waals surface area contributed by atoms with E-state index in [1.54, 1.807) is 11.3 Å². The number of nitriles is 1. The summed E-state index contributed by atoms with van der Waals surface area (Å²) in [7, 11) is 0. The van der Waals surface area contributed by atoms with Gasteiger partial charge in [-0.25, -0.2) is 0 Å². The molecule has 4 nitrogen and oxygen atoms in total. The Bertz CT molecular complexity index is 430. The van der Waals surface area contributed by atoms with Gasteiger partial charge in [0, 0.05) is 37.6 Å². The fourth-order valence-corrected chi connectivity index (χ4v) is 2.83. The van der Waals surface area contributed by atoms with Crippen LogP contribution >= 0.6 is 11.3 Å². The first kappa shape index (κ1) is 13.1. The summed E-state index contributed by atoms with van der Waals surface area (Å²) in [6, 6.07) is 4.36. The highest BCUT2D eigenvalue weighted by atomic mass is 32.1. The highest BCUT2D eigenvalue weighted by Crippen LogP contribution is 2.13. The number of carbonyl (C=O) groups excluding carboxylic acids is 1. The van der Waals surface area contributed by atoms with E-state index in [0.29, 0.717) is 6.42 Å². The first-order valence-corrected chi connectivity index (χ1v) is 7.09. The fraction of sp³-hybridized carbons (Fsp3) is 0.538. The van der Waals surface area contributed by atoms with Crippen molar-refractivity contribution in [1.82, 2.24) is 9.80 Å².